The van der Waals surface area contributed by atoms with Gasteiger partial charge in [0, 0.05) is 18.7 Å². The van der Waals surface area contributed by atoms with Gasteiger partial charge in [0.15, 0.2) is 0 Å². The zero-order chi connectivity index (χ0) is 16.5. The average Bonchev–Trinajstić information content (AvgIpc) is 2.82. The van der Waals surface area contributed by atoms with Gasteiger partial charge in [0.1, 0.15) is 4.90 Å². The number of nitrogens with one attached hydrogen (secondary N) is 1. The number of nitro groups is 1. The Morgan fingerprint density at radius 3 is 2.55 bits per heavy atom. The molecule has 1 heterocycles. The molecule has 118 valence electrons. The van der Waals surface area contributed by atoms with Crippen molar-refractivity contribution in [1.82, 2.24) is 9.78 Å². The smallest absolute Gasteiger partial charge is 0.269 e. The fraction of sp³-hybridized carbons (Fsp3) is 0.308. The molecule has 0 fully saturated rings. The van der Waals surface area contributed by atoms with E-state index >= 15 is 0 Å². The van der Waals surface area contributed by atoms with Crippen LogP contribution in [-0.2, 0) is 16.6 Å². The number of rotatable bonds is 5. The van der Waals surface area contributed by atoms with E-state index in [0.717, 1.165) is 0 Å². The Labute approximate surface area is 128 Å². The summed E-state index contributed by atoms with van der Waals surface area (Å²) in [5, 5.41) is 14.7. The summed E-state index contributed by atoms with van der Waals surface area (Å²) in [6, 6.07) is 3.96. The van der Waals surface area contributed by atoms with E-state index in [-0.39, 0.29) is 10.6 Å². The lowest BCUT2D eigenvalue weighted by atomic mass is 10.2. The van der Waals surface area contributed by atoms with Gasteiger partial charge < -0.3 is 0 Å². The van der Waals surface area contributed by atoms with Crippen molar-refractivity contribution in [2.75, 3.05) is 4.72 Å². The molecule has 1 N–H and O–H groups in total. The van der Waals surface area contributed by atoms with Gasteiger partial charge in [-0.15, -0.1) is 0 Å². The van der Waals surface area contributed by atoms with E-state index in [1.165, 1.54) is 24.4 Å². The van der Waals surface area contributed by atoms with Crippen molar-refractivity contribution in [3.8, 4) is 0 Å². The first-order valence-electron chi connectivity index (χ1n) is 6.56. The average molecular weight is 324 g/mol. The van der Waals surface area contributed by atoms with Crippen molar-refractivity contribution in [1.29, 1.82) is 0 Å². The molecule has 0 amide bonds. The number of non-ortho nitro benzene ring substituents is 1. The van der Waals surface area contributed by atoms with Gasteiger partial charge in [-0.05, 0) is 32.4 Å². The zero-order valence-electron chi connectivity index (χ0n) is 12.4. The van der Waals surface area contributed by atoms with E-state index in [1.54, 1.807) is 18.5 Å². The number of aromatic nitrogens is 2. The molecule has 2 aromatic rings. The van der Waals surface area contributed by atoms with Gasteiger partial charge in [0.05, 0.1) is 22.5 Å². The molecule has 0 spiro atoms. The molecule has 22 heavy (non-hydrogen) atoms. The Kier molecular flexibility index (Phi) is 4.18. The van der Waals surface area contributed by atoms with Crippen LogP contribution in [0.2, 0.25) is 0 Å². The molecule has 0 radical (unpaired) electrons. The molecule has 0 aliphatic rings. The first-order chi connectivity index (χ1) is 10.3. The maximum absolute atomic E-state index is 12.4. The van der Waals surface area contributed by atoms with Gasteiger partial charge >= 0.3 is 0 Å². The van der Waals surface area contributed by atoms with Crippen LogP contribution in [0.25, 0.3) is 0 Å². The number of benzene rings is 1. The van der Waals surface area contributed by atoms with Gasteiger partial charge in [-0.2, -0.15) is 5.10 Å². The standard InChI is InChI=1S/C13H16N4O4S/c1-4-16-10(3)13(8-14-16)22(20,21)15-12-6-5-11(17(18)19)7-9(12)2/h5-8,15H,4H2,1-3H3. The third-order valence-electron chi connectivity index (χ3n) is 3.31. The molecule has 0 saturated heterocycles. The van der Waals surface area contributed by atoms with Crippen molar-refractivity contribution < 1.29 is 13.3 Å². The van der Waals surface area contributed by atoms with Crippen molar-refractivity contribution >= 4 is 21.4 Å². The van der Waals surface area contributed by atoms with Crippen LogP contribution in [0.15, 0.2) is 29.3 Å². The second-order valence-corrected chi connectivity index (χ2v) is 6.42. The van der Waals surface area contributed by atoms with Crippen molar-refractivity contribution in [2.45, 2.75) is 32.2 Å². The monoisotopic (exact) mass is 324 g/mol. The van der Waals surface area contributed by atoms with E-state index in [1.807, 2.05) is 6.92 Å². The van der Waals surface area contributed by atoms with E-state index in [4.69, 9.17) is 0 Å². The summed E-state index contributed by atoms with van der Waals surface area (Å²) in [4.78, 5) is 10.3. The van der Waals surface area contributed by atoms with Crippen molar-refractivity contribution in [2.24, 2.45) is 0 Å². The molecule has 1 aromatic heterocycles. The maximum atomic E-state index is 12.4. The van der Waals surface area contributed by atoms with Crippen LogP contribution in [-0.4, -0.2) is 23.1 Å². The molecule has 1 aromatic carbocycles. The van der Waals surface area contributed by atoms with Gasteiger partial charge in [-0.1, -0.05) is 0 Å². The van der Waals surface area contributed by atoms with E-state index in [9.17, 15) is 18.5 Å². The lowest BCUT2D eigenvalue weighted by molar-refractivity contribution is -0.384. The quantitative estimate of drug-likeness (QED) is 0.670. The number of hydrogen-bond acceptors (Lipinski definition) is 5. The summed E-state index contributed by atoms with van der Waals surface area (Å²) in [6.07, 6.45) is 1.29. The van der Waals surface area contributed by atoms with Crippen LogP contribution >= 0.6 is 0 Å². The van der Waals surface area contributed by atoms with Crippen LogP contribution in [0.1, 0.15) is 18.2 Å². The maximum Gasteiger partial charge on any atom is 0.269 e. The number of aryl methyl sites for hydroxylation is 2. The Morgan fingerprint density at radius 2 is 2.05 bits per heavy atom. The third kappa shape index (κ3) is 2.93. The zero-order valence-corrected chi connectivity index (χ0v) is 13.2. The van der Waals surface area contributed by atoms with Gasteiger partial charge in [-0.3, -0.25) is 19.5 Å². The highest BCUT2D eigenvalue weighted by atomic mass is 32.2. The summed E-state index contributed by atoms with van der Waals surface area (Å²) in [6.45, 7) is 5.71. The first kappa shape index (κ1) is 16.0. The molecular formula is C13H16N4O4S. The lowest BCUT2D eigenvalue weighted by Crippen LogP contribution is -2.15. The topological polar surface area (TPSA) is 107 Å². The highest BCUT2D eigenvalue weighted by Gasteiger charge is 2.21. The van der Waals surface area contributed by atoms with Crippen LogP contribution < -0.4 is 4.72 Å². The molecule has 0 unspecified atom stereocenters. The van der Waals surface area contributed by atoms with Crippen LogP contribution in [0.5, 0.6) is 0 Å². The fourth-order valence-corrected chi connectivity index (χ4v) is 3.40. The van der Waals surface area contributed by atoms with Crippen LogP contribution in [0.4, 0.5) is 11.4 Å². The molecule has 0 aliphatic heterocycles. The predicted octanol–water partition coefficient (Wildman–Crippen LogP) is 2.23. The molecule has 0 atom stereocenters. The molecule has 9 heteroatoms. The van der Waals surface area contributed by atoms with E-state index < -0.39 is 14.9 Å². The Balaban J connectivity index is 2.36. The summed E-state index contributed by atoms with van der Waals surface area (Å²) in [5.41, 5.74) is 1.22. The van der Waals surface area contributed by atoms with Crippen LogP contribution in [0.3, 0.4) is 0 Å². The van der Waals surface area contributed by atoms with Crippen molar-refractivity contribution in [3.63, 3.8) is 0 Å². The number of nitro benzene ring substituents is 1. The third-order valence-corrected chi connectivity index (χ3v) is 4.78. The highest BCUT2D eigenvalue weighted by Crippen LogP contribution is 2.24. The minimum absolute atomic E-state index is 0.0876. The Bertz CT molecular complexity index is 827. The molecule has 0 saturated carbocycles. The van der Waals surface area contributed by atoms with Gasteiger partial charge in [-0.25, -0.2) is 8.42 Å². The second kappa shape index (κ2) is 5.76. The summed E-state index contributed by atoms with van der Waals surface area (Å²) < 4.78 is 28.9. The number of anilines is 1. The molecule has 8 nitrogen and oxygen atoms in total. The normalized spacial score (nSPS) is 11.4. The molecule has 0 bridgehead atoms. The van der Waals surface area contributed by atoms with Crippen LogP contribution in [0, 0.1) is 24.0 Å². The number of sulfonamides is 1. The van der Waals surface area contributed by atoms with Gasteiger partial charge in [0.25, 0.3) is 15.7 Å². The summed E-state index contributed by atoms with van der Waals surface area (Å²) in [7, 11) is -3.79. The fourth-order valence-electron chi connectivity index (χ4n) is 2.09. The minimum atomic E-state index is -3.79. The molecule has 2 rings (SSSR count). The van der Waals surface area contributed by atoms with Gasteiger partial charge in [0.2, 0.25) is 0 Å². The minimum Gasteiger partial charge on any atom is -0.279 e. The summed E-state index contributed by atoms with van der Waals surface area (Å²) in [5.74, 6) is 0. The molecule has 0 aliphatic carbocycles. The summed E-state index contributed by atoms with van der Waals surface area (Å²) >= 11 is 0. The highest BCUT2D eigenvalue weighted by molar-refractivity contribution is 7.92. The number of hydrogen-bond donors (Lipinski definition) is 1. The SMILES string of the molecule is CCn1ncc(S(=O)(=O)Nc2ccc([N+](=O)[O-])cc2C)c1C. The van der Waals surface area contributed by atoms with E-state index in [2.05, 4.69) is 9.82 Å². The Morgan fingerprint density at radius 1 is 1.36 bits per heavy atom. The number of nitrogens with zero attached hydrogens (tertiary/aromatic N) is 3. The molecular weight excluding hydrogens is 308 g/mol. The van der Waals surface area contributed by atoms with Crippen molar-refractivity contribution in [3.05, 3.63) is 45.8 Å². The lowest BCUT2D eigenvalue weighted by Gasteiger charge is -2.10. The Hall–Kier alpha value is -2.42. The largest absolute Gasteiger partial charge is 0.279 e. The van der Waals surface area contributed by atoms with E-state index in [0.29, 0.717) is 23.5 Å². The predicted molar refractivity (Wildman–Crippen MR) is 81.3 cm³/mol. The second-order valence-electron chi connectivity index (χ2n) is 4.77. The first-order valence-corrected chi connectivity index (χ1v) is 8.05.